The number of aromatic carboxylic acids is 1. The van der Waals surface area contributed by atoms with E-state index in [0.717, 1.165) is 10.4 Å². The summed E-state index contributed by atoms with van der Waals surface area (Å²) in [5, 5.41) is 12.0. The molecule has 0 aromatic carbocycles. The van der Waals surface area contributed by atoms with Gasteiger partial charge in [-0.15, -0.1) is 11.3 Å². The van der Waals surface area contributed by atoms with Gasteiger partial charge in [-0.1, -0.05) is 0 Å². The quantitative estimate of drug-likeness (QED) is 0.835. The van der Waals surface area contributed by atoms with Gasteiger partial charge >= 0.3 is 5.97 Å². The van der Waals surface area contributed by atoms with Gasteiger partial charge in [0.25, 0.3) is 0 Å². The summed E-state index contributed by atoms with van der Waals surface area (Å²) < 4.78 is 22.2. The molecule has 0 saturated carbocycles. The van der Waals surface area contributed by atoms with Crippen molar-refractivity contribution >= 4 is 27.1 Å². The van der Waals surface area contributed by atoms with E-state index >= 15 is 0 Å². The number of carboxylic acids is 1. The van der Waals surface area contributed by atoms with Crippen molar-refractivity contribution < 1.29 is 18.3 Å². The van der Waals surface area contributed by atoms with Crippen molar-refractivity contribution in [2.24, 2.45) is 0 Å². The number of carboxylic acid groups (broad SMARTS) is 1. The van der Waals surface area contributed by atoms with E-state index in [2.05, 4.69) is 5.32 Å². The Morgan fingerprint density at radius 1 is 1.47 bits per heavy atom. The van der Waals surface area contributed by atoms with Crippen LogP contribution in [-0.4, -0.2) is 37.0 Å². The Labute approximate surface area is 117 Å². The largest absolute Gasteiger partial charge is 0.477 e. The molecule has 19 heavy (non-hydrogen) atoms. The lowest BCUT2D eigenvalue weighted by Crippen LogP contribution is -2.41. The fraction of sp³-hybridized carbons (Fsp3) is 0.583. The van der Waals surface area contributed by atoms with Crippen LogP contribution >= 0.6 is 11.3 Å². The number of sulfone groups is 1. The highest BCUT2D eigenvalue weighted by molar-refractivity contribution is 7.92. The predicted molar refractivity (Wildman–Crippen MR) is 76.6 cm³/mol. The SMILES string of the molecule is Cc1sc(C(=O)O)cc1CNCC(C)(C)S(C)(=O)=O. The molecular formula is C12H19NO4S2. The second-order valence-electron chi connectivity index (χ2n) is 5.13. The number of nitrogens with one attached hydrogen (secondary N) is 1. The van der Waals surface area contributed by atoms with Crippen LogP contribution in [0.25, 0.3) is 0 Å². The van der Waals surface area contributed by atoms with Crippen molar-refractivity contribution in [2.45, 2.75) is 32.1 Å². The molecule has 0 atom stereocenters. The predicted octanol–water partition coefficient (Wildman–Crippen LogP) is 1.67. The summed E-state index contributed by atoms with van der Waals surface area (Å²) in [4.78, 5) is 12.1. The van der Waals surface area contributed by atoms with E-state index in [1.54, 1.807) is 19.9 Å². The van der Waals surface area contributed by atoms with Crippen molar-refractivity contribution in [1.82, 2.24) is 5.32 Å². The summed E-state index contributed by atoms with van der Waals surface area (Å²) in [6.07, 6.45) is 1.22. The minimum absolute atomic E-state index is 0.302. The normalized spacial score (nSPS) is 12.6. The number of hydrogen-bond donors (Lipinski definition) is 2. The zero-order valence-electron chi connectivity index (χ0n) is 11.5. The van der Waals surface area contributed by atoms with Gasteiger partial charge in [0.15, 0.2) is 9.84 Å². The van der Waals surface area contributed by atoms with Crippen LogP contribution in [0.2, 0.25) is 0 Å². The van der Waals surface area contributed by atoms with E-state index in [1.165, 1.54) is 17.6 Å². The van der Waals surface area contributed by atoms with Gasteiger partial charge in [-0.25, -0.2) is 13.2 Å². The zero-order chi connectivity index (χ0) is 14.8. The molecule has 1 rings (SSSR count). The molecule has 0 radical (unpaired) electrons. The van der Waals surface area contributed by atoms with Crippen LogP contribution in [0.1, 0.15) is 34.0 Å². The highest BCUT2D eigenvalue weighted by atomic mass is 32.2. The van der Waals surface area contributed by atoms with Crippen LogP contribution in [-0.2, 0) is 16.4 Å². The Kier molecular flexibility index (Phi) is 4.76. The van der Waals surface area contributed by atoms with Crippen LogP contribution < -0.4 is 5.32 Å². The highest BCUT2D eigenvalue weighted by Gasteiger charge is 2.29. The summed E-state index contributed by atoms with van der Waals surface area (Å²) in [5.41, 5.74) is 0.895. The maximum absolute atomic E-state index is 11.5. The van der Waals surface area contributed by atoms with E-state index < -0.39 is 20.6 Å². The molecular weight excluding hydrogens is 286 g/mol. The molecule has 1 aromatic rings. The highest BCUT2D eigenvalue weighted by Crippen LogP contribution is 2.22. The average molecular weight is 305 g/mol. The summed E-state index contributed by atoms with van der Waals surface area (Å²) >= 11 is 1.23. The number of rotatable bonds is 6. The average Bonchev–Trinajstić information content (AvgIpc) is 2.58. The van der Waals surface area contributed by atoms with Gasteiger partial charge in [-0.2, -0.15) is 0 Å². The van der Waals surface area contributed by atoms with Crippen molar-refractivity contribution in [1.29, 1.82) is 0 Å². The van der Waals surface area contributed by atoms with E-state index in [1.807, 2.05) is 6.92 Å². The molecule has 5 nitrogen and oxygen atoms in total. The van der Waals surface area contributed by atoms with Crippen LogP contribution in [0.5, 0.6) is 0 Å². The second kappa shape index (κ2) is 5.60. The Morgan fingerprint density at radius 2 is 2.05 bits per heavy atom. The fourth-order valence-electron chi connectivity index (χ4n) is 1.43. The van der Waals surface area contributed by atoms with Gasteiger partial charge in [-0.05, 0) is 32.4 Å². The molecule has 0 aliphatic rings. The maximum atomic E-state index is 11.5. The Hall–Kier alpha value is -0.920. The lowest BCUT2D eigenvalue weighted by atomic mass is 10.2. The van der Waals surface area contributed by atoms with Gasteiger partial charge in [-0.3, -0.25) is 0 Å². The molecule has 7 heteroatoms. The van der Waals surface area contributed by atoms with Crippen molar-refractivity contribution in [3.05, 3.63) is 21.4 Å². The maximum Gasteiger partial charge on any atom is 0.345 e. The number of hydrogen-bond acceptors (Lipinski definition) is 5. The third-order valence-electron chi connectivity index (χ3n) is 3.10. The molecule has 0 spiro atoms. The fourth-order valence-corrected chi connectivity index (χ4v) is 2.67. The summed E-state index contributed by atoms with van der Waals surface area (Å²) in [6.45, 7) is 5.98. The number of thiophene rings is 1. The standard InChI is InChI=1S/C12H19NO4S2/c1-8-9(5-10(18-8)11(14)15)6-13-7-12(2,3)19(4,16)17/h5,13H,6-7H2,1-4H3,(H,14,15). The first kappa shape index (κ1) is 16.1. The van der Waals surface area contributed by atoms with Crippen LogP contribution in [0, 0.1) is 6.92 Å². The lowest BCUT2D eigenvalue weighted by Gasteiger charge is -2.22. The Morgan fingerprint density at radius 3 is 2.47 bits per heavy atom. The third-order valence-corrected chi connectivity index (χ3v) is 6.33. The van der Waals surface area contributed by atoms with Crippen LogP contribution in [0.15, 0.2) is 6.07 Å². The van der Waals surface area contributed by atoms with Crippen molar-refractivity contribution in [3.8, 4) is 0 Å². The molecule has 1 aromatic heterocycles. The summed E-state index contributed by atoms with van der Waals surface area (Å²) in [5.74, 6) is -0.934. The zero-order valence-corrected chi connectivity index (χ0v) is 13.1. The molecule has 0 saturated heterocycles. The van der Waals surface area contributed by atoms with Gasteiger partial charge in [0.1, 0.15) is 4.88 Å². The van der Waals surface area contributed by atoms with E-state index in [-0.39, 0.29) is 0 Å². The Balaban J connectivity index is 2.66. The minimum Gasteiger partial charge on any atom is -0.477 e. The molecule has 0 bridgehead atoms. The Bertz CT molecular complexity index is 573. The van der Waals surface area contributed by atoms with Gasteiger partial charge in [0.05, 0.1) is 4.75 Å². The first-order valence-corrected chi connectivity index (χ1v) is 8.48. The monoisotopic (exact) mass is 305 g/mol. The molecule has 0 aliphatic carbocycles. The van der Waals surface area contributed by atoms with Gasteiger partial charge in [0.2, 0.25) is 0 Å². The molecule has 0 aliphatic heterocycles. The van der Waals surface area contributed by atoms with E-state index in [0.29, 0.717) is 18.0 Å². The molecule has 2 N–H and O–H groups in total. The topological polar surface area (TPSA) is 83.5 Å². The first-order valence-electron chi connectivity index (χ1n) is 5.77. The lowest BCUT2D eigenvalue weighted by molar-refractivity contribution is 0.0702. The molecule has 0 unspecified atom stereocenters. The second-order valence-corrected chi connectivity index (χ2v) is 9.04. The summed E-state index contributed by atoms with van der Waals surface area (Å²) in [6, 6.07) is 1.63. The number of aryl methyl sites for hydroxylation is 1. The van der Waals surface area contributed by atoms with Crippen LogP contribution in [0.3, 0.4) is 0 Å². The van der Waals surface area contributed by atoms with E-state index in [4.69, 9.17) is 5.11 Å². The van der Waals surface area contributed by atoms with Gasteiger partial charge in [0, 0.05) is 24.2 Å². The first-order chi connectivity index (χ1) is 8.54. The molecule has 1 heterocycles. The van der Waals surface area contributed by atoms with Crippen LogP contribution in [0.4, 0.5) is 0 Å². The minimum atomic E-state index is -3.13. The van der Waals surface area contributed by atoms with Crippen molar-refractivity contribution in [3.63, 3.8) is 0 Å². The van der Waals surface area contributed by atoms with Crippen molar-refractivity contribution in [2.75, 3.05) is 12.8 Å². The summed E-state index contributed by atoms with van der Waals surface area (Å²) in [7, 11) is -3.13. The molecule has 0 amide bonds. The number of carbonyl (C=O) groups is 1. The third kappa shape index (κ3) is 4.02. The molecule has 108 valence electrons. The van der Waals surface area contributed by atoms with Gasteiger partial charge < -0.3 is 10.4 Å². The van der Waals surface area contributed by atoms with E-state index in [9.17, 15) is 13.2 Å². The molecule has 0 fully saturated rings. The smallest absolute Gasteiger partial charge is 0.345 e.